The summed E-state index contributed by atoms with van der Waals surface area (Å²) in [6.45, 7) is 1.80. The number of nitrogens with zero attached hydrogens (tertiary/aromatic N) is 1. The van der Waals surface area contributed by atoms with Crippen molar-refractivity contribution in [2.75, 3.05) is 0 Å². The molecule has 0 aliphatic heterocycles. The van der Waals surface area contributed by atoms with Crippen molar-refractivity contribution >= 4 is 22.6 Å². The molecule has 1 atom stereocenters. The van der Waals surface area contributed by atoms with Crippen molar-refractivity contribution in [1.82, 2.24) is 9.97 Å². The highest BCUT2D eigenvalue weighted by Gasteiger charge is 2.09. The number of aromatic nitrogens is 2. The second-order valence-corrected chi connectivity index (χ2v) is 3.60. The standard InChI is InChI=1S/C9H9ClFN3/c1-4(12)9-13-7-2-5(10)6(11)3-8(7)14-9/h2-4H,12H2,1H3,(H,13,14)/t4-/m1/s1. The lowest BCUT2D eigenvalue weighted by molar-refractivity contribution is 0.630. The van der Waals surface area contributed by atoms with Crippen LogP contribution in [0.4, 0.5) is 4.39 Å². The van der Waals surface area contributed by atoms with Crippen LogP contribution in [-0.2, 0) is 0 Å². The average molecular weight is 214 g/mol. The number of rotatable bonds is 1. The van der Waals surface area contributed by atoms with Crippen LogP contribution in [0.2, 0.25) is 5.02 Å². The third-order valence-corrected chi connectivity index (χ3v) is 2.26. The van der Waals surface area contributed by atoms with Crippen molar-refractivity contribution in [2.24, 2.45) is 5.73 Å². The van der Waals surface area contributed by atoms with E-state index in [1.54, 1.807) is 6.92 Å². The number of nitrogens with two attached hydrogens (primary N) is 1. The molecule has 2 rings (SSSR count). The summed E-state index contributed by atoms with van der Waals surface area (Å²) in [7, 11) is 0. The van der Waals surface area contributed by atoms with Crippen molar-refractivity contribution in [1.29, 1.82) is 0 Å². The molecule has 14 heavy (non-hydrogen) atoms. The molecule has 3 N–H and O–H groups in total. The van der Waals surface area contributed by atoms with Crippen LogP contribution >= 0.6 is 11.6 Å². The van der Waals surface area contributed by atoms with Gasteiger partial charge in [0.25, 0.3) is 0 Å². The van der Waals surface area contributed by atoms with E-state index in [4.69, 9.17) is 17.3 Å². The molecule has 0 unspecified atom stereocenters. The van der Waals surface area contributed by atoms with Gasteiger partial charge in [-0.1, -0.05) is 11.6 Å². The fourth-order valence-electron chi connectivity index (χ4n) is 1.24. The van der Waals surface area contributed by atoms with Gasteiger partial charge in [-0.15, -0.1) is 0 Å². The molecule has 74 valence electrons. The first-order chi connectivity index (χ1) is 6.58. The highest BCUT2D eigenvalue weighted by atomic mass is 35.5. The molecule has 0 bridgehead atoms. The first-order valence-electron chi connectivity index (χ1n) is 4.18. The molecular weight excluding hydrogens is 205 g/mol. The molecule has 0 spiro atoms. The molecule has 0 saturated carbocycles. The van der Waals surface area contributed by atoms with E-state index in [-0.39, 0.29) is 11.1 Å². The summed E-state index contributed by atoms with van der Waals surface area (Å²) in [5.41, 5.74) is 6.87. The molecule has 2 aromatic rings. The predicted octanol–water partition coefficient (Wildman–Crippen LogP) is 2.38. The molecule has 0 radical (unpaired) electrons. The number of imidazole rings is 1. The molecule has 0 amide bonds. The zero-order chi connectivity index (χ0) is 10.3. The molecule has 1 aromatic heterocycles. The van der Waals surface area contributed by atoms with Crippen molar-refractivity contribution < 1.29 is 4.39 Å². The van der Waals surface area contributed by atoms with Gasteiger partial charge in [0, 0.05) is 6.07 Å². The third-order valence-electron chi connectivity index (χ3n) is 1.97. The number of fused-ring (bicyclic) bond motifs is 1. The van der Waals surface area contributed by atoms with Gasteiger partial charge in [-0.25, -0.2) is 9.37 Å². The molecule has 5 heteroatoms. The minimum absolute atomic E-state index is 0.0697. The number of nitrogens with one attached hydrogen (secondary N) is 1. The molecule has 0 aliphatic carbocycles. The Morgan fingerprint density at radius 1 is 1.57 bits per heavy atom. The molecule has 0 saturated heterocycles. The summed E-state index contributed by atoms with van der Waals surface area (Å²) in [5, 5.41) is 0.0697. The van der Waals surface area contributed by atoms with E-state index in [1.165, 1.54) is 12.1 Å². The minimum atomic E-state index is -0.459. The zero-order valence-electron chi connectivity index (χ0n) is 7.51. The number of hydrogen-bond donors (Lipinski definition) is 2. The van der Waals surface area contributed by atoms with E-state index in [1.807, 2.05) is 0 Å². The second kappa shape index (κ2) is 3.22. The Kier molecular flexibility index (Phi) is 2.17. The Balaban J connectivity index is 2.66. The van der Waals surface area contributed by atoms with Gasteiger partial charge in [0.05, 0.1) is 22.1 Å². The maximum Gasteiger partial charge on any atom is 0.144 e. The largest absolute Gasteiger partial charge is 0.341 e. The fourth-order valence-corrected chi connectivity index (χ4v) is 1.40. The highest BCUT2D eigenvalue weighted by Crippen LogP contribution is 2.22. The summed E-state index contributed by atoms with van der Waals surface area (Å²) in [5.74, 6) is 0.167. The number of hydrogen-bond acceptors (Lipinski definition) is 2. The first-order valence-corrected chi connectivity index (χ1v) is 4.56. The fraction of sp³-hybridized carbons (Fsp3) is 0.222. The van der Waals surface area contributed by atoms with E-state index in [0.29, 0.717) is 16.9 Å². The maximum atomic E-state index is 13.0. The van der Waals surface area contributed by atoms with Crippen molar-refractivity contribution in [3.05, 3.63) is 28.8 Å². The lowest BCUT2D eigenvalue weighted by Gasteiger charge is -1.96. The van der Waals surface area contributed by atoms with Gasteiger partial charge in [0.1, 0.15) is 11.6 Å². The Morgan fingerprint density at radius 3 is 2.93 bits per heavy atom. The van der Waals surface area contributed by atoms with E-state index in [9.17, 15) is 4.39 Å². The Labute approximate surface area is 85.1 Å². The van der Waals surface area contributed by atoms with Gasteiger partial charge < -0.3 is 10.7 Å². The van der Waals surface area contributed by atoms with Gasteiger partial charge in [-0.3, -0.25) is 0 Å². The summed E-state index contributed by atoms with van der Waals surface area (Å²) in [4.78, 5) is 7.11. The Bertz CT molecular complexity index is 439. The Hall–Kier alpha value is -1.13. The maximum absolute atomic E-state index is 13.0. The molecule has 0 aliphatic rings. The van der Waals surface area contributed by atoms with E-state index in [0.717, 1.165) is 0 Å². The third kappa shape index (κ3) is 1.47. The minimum Gasteiger partial charge on any atom is -0.341 e. The number of halogens is 2. The lowest BCUT2D eigenvalue weighted by atomic mass is 10.3. The van der Waals surface area contributed by atoms with Crippen LogP contribution in [0.1, 0.15) is 18.8 Å². The van der Waals surface area contributed by atoms with Crippen LogP contribution in [0.3, 0.4) is 0 Å². The van der Waals surface area contributed by atoms with Crippen molar-refractivity contribution in [3.63, 3.8) is 0 Å². The lowest BCUT2D eigenvalue weighted by Crippen LogP contribution is -2.06. The molecular formula is C9H9ClFN3. The Morgan fingerprint density at radius 2 is 2.29 bits per heavy atom. The van der Waals surface area contributed by atoms with Gasteiger partial charge in [-0.05, 0) is 13.0 Å². The van der Waals surface area contributed by atoms with Gasteiger partial charge in [0.2, 0.25) is 0 Å². The van der Waals surface area contributed by atoms with Crippen LogP contribution in [0.15, 0.2) is 12.1 Å². The SMILES string of the molecule is C[C@@H](N)c1nc2cc(Cl)c(F)cc2[nH]1. The zero-order valence-corrected chi connectivity index (χ0v) is 8.27. The first kappa shape index (κ1) is 9.43. The van der Waals surface area contributed by atoms with E-state index >= 15 is 0 Å². The summed E-state index contributed by atoms with van der Waals surface area (Å²) < 4.78 is 13.0. The molecule has 1 aromatic carbocycles. The van der Waals surface area contributed by atoms with Crippen LogP contribution in [-0.4, -0.2) is 9.97 Å². The summed E-state index contributed by atoms with van der Waals surface area (Å²) >= 11 is 5.62. The van der Waals surface area contributed by atoms with Crippen LogP contribution < -0.4 is 5.73 Å². The quantitative estimate of drug-likeness (QED) is 0.764. The topological polar surface area (TPSA) is 54.7 Å². The summed E-state index contributed by atoms with van der Waals surface area (Å²) in [6.07, 6.45) is 0. The van der Waals surface area contributed by atoms with E-state index in [2.05, 4.69) is 9.97 Å². The highest BCUT2D eigenvalue weighted by molar-refractivity contribution is 6.31. The average Bonchev–Trinajstić information content (AvgIpc) is 2.48. The van der Waals surface area contributed by atoms with Crippen molar-refractivity contribution in [2.45, 2.75) is 13.0 Å². The number of aromatic amines is 1. The second-order valence-electron chi connectivity index (χ2n) is 3.19. The van der Waals surface area contributed by atoms with Gasteiger partial charge in [-0.2, -0.15) is 0 Å². The van der Waals surface area contributed by atoms with Crippen LogP contribution in [0, 0.1) is 5.82 Å². The molecule has 3 nitrogen and oxygen atoms in total. The van der Waals surface area contributed by atoms with Crippen LogP contribution in [0.5, 0.6) is 0 Å². The summed E-state index contributed by atoms with van der Waals surface area (Å²) in [6, 6.07) is 2.59. The molecule has 0 fully saturated rings. The molecule has 1 heterocycles. The smallest absolute Gasteiger partial charge is 0.144 e. The van der Waals surface area contributed by atoms with Crippen LogP contribution in [0.25, 0.3) is 11.0 Å². The van der Waals surface area contributed by atoms with Crippen molar-refractivity contribution in [3.8, 4) is 0 Å². The normalized spacial score (nSPS) is 13.4. The number of benzene rings is 1. The van der Waals surface area contributed by atoms with Gasteiger partial charge in [0.15, 0.2) is 0 Å². The monoisotopic (exact) mass is 213 g/mol. The number of H-pyrrole nitrogens is 1. The van der Waals surface area contributed by atoms with E-state index < -0.39 is 5.82 Å². The van der Waals surface area contributed by atoms with Gasteiger partial charge >= 0.3 is 0 Å². The predicted molar refractivity (Wildman–Crippen MR) is 53.7 cm³/mol.